The number of morpholine rings is 1. The predicted molar refractivity (Wildman–Crippen MR) is 125 cm³/mol. The molecule has 1 aliphatic heterocycles. The van der Waals surface area contributed by atoms with Gasteiger partial charge in [0, 0.05) is 38.6 Å². The van der Waals surface area contributed by atoms with E-state index < -0.39 is 0 Å². The summed E-state index contributed by atoms with van der Waals surface area (Å²) in [6.07, 6.45) is 1.96. The number of nitrogens with zero attached hydrogens (tertiary/aromatic N) is 5. The van der Waals surface area contributed by atoms with E-state index in [0.29, 0.717) is 13.1 Å². The maximum atomic E-state index is 5.48. The summed E-state index contributed by atoms with van der Waals surface area (Å²) >= 11 is 0. The number of ether oxygens (including phenoxy) is 1. The van der Waals surface area contributed by atoms with Crippen LogP contribution in [-0.4, -0.2) is 53.9 Å². The van der Waals surface area contributed by atoms with E-state index in [4.69, 9.17) is 4.74 Å². The maximum Gasteiger partial charge on any atom is 0.191 e. The summed E-state index contributed by atoms with van der Waals surface area (Å²) < 4.78 is 7.44. The number of para-hydroxylation sites is 1. The molecule has 3 heterocycles. The first-order valence-corrected chi connectivity index (χ1v) is 9.49. The highest BCUT2D eigenvalue weighted by Crippen LogP contribution is 2.21. The lowest BCUT2D eigenvalue weighted by molar-refractivity contribution is 0.122. The highest BCUT2D eigenvalue weighted by atomic mass is 127. The van der Waals surface area contributed by atoms with Crippen molar-refractivity contribution in [1.82, 2.24) is 25.2 Å². The van der Waals surface area contributed by atoms with Gasteiger partial charge in [-0.25, -0.2) is 0 Å². The summed E-state index contributed by atoms with van der Waals surface area (Å²) in [5.41, 5.74) is 3.32. The predicted octanol–water partition coefficient (Wildman–Crippen LogP) is 2.05. The molecule has 1 aliphatic rings. The second kappa shape index (κ2) is 10.4. The fourth-order valence-corrected chi connectivity index (χ4v) is 3.35. The molecule has 9 heteroatoms. The monoisotopic (exact) mass is 507 g/mol. The Morgan fingerprint density at radius 2 is 1.79 bits per heavy atom. The van der Waals surface area contributed by atoms with Gasteiger partial charge in [-0.2, -0.15) is 0 Å². The van der Waals surface area contributed by atoms with Gasteiger partial charge in [0.05, 0.1) is 19.8 Å². The first-order valence-electron chi connectivity index (χ1n) is 9.49. The van der Waals surface area contributed by atoms with E-state index in [1.165, 1.54) is 11.3 Å². The summed E-state index contributed by atoms with van der Waals surface area (Å²) in [7, 11) is 1.77. The van der Waals surface area contributed by atoms with Gasteiger partial charge in [0.1, 0.15) is 0 Å². The molecule has 0 aliphatic carbocycles. The van der Waals surface area contributed by atoms with E-state index in [9.17, 15) is 0 Å². The van der Waals surface area contributed by atoms with Crippen LogP contribution in [0.5, 0.6) is 0 Å². The first-order chi connectivity index (χ1) is 13.8. The number of fused-ring (bicyclic) bond motifs is 1. The molecule has 154 valence electrons. The van der Waals surface area contributed by atoms with Gasteiger partial charge in [0.2, 0.25) is 0 Å². The average molecular weight is 507 g/mol. The van der Waals surface area contributed by atoms with Gasteiger partial charge < -0.3 is 20.3 Å². The van der Waals surface area contributed by atoms with Crippen LogP contribution in [0, 0.1) is 0 Å². The lowest BCUT2D eigenvalue weighted by atomic mass is 10.1. The Bertz CT molecular complexity index is 953. The van der Waals surface area contributed by atoms with Crippen molar-refractivity contribution in [2.45, 2.75) is 13.1 Å². The molecular weight excluding hydrogens is 481 g/mol. The number of aromatic nitrogens is 3. The fourth-order valence-electron chi connectivity index (χ4n) is 3.35. The molecule has 0 atom stereocenters. The van der Waals surface area contributed by atoms with E-state index in [2.05, 4.69) is 55.0 Å². The summed E-state index contributed by atoms with van der Waals surface area (Å²) in [6, 6.07) is 14.3. The zero-order valence-electron chi connectivity index (χ0n) is 16.4. The van der Waals surface area contributed by atoms with Crippen molar-refractivity contribution in [3.63, 3.8) is 0 Å². The number of aliphatic imine (C=N–C) groups is 1. The van der Waals surface area contributed by atoms with E-state index >= 15 is 0 Å². The van der Waals surface area contributed by atoms with Crippen molar-refractivity contribution < 1.29 is 4.74 Å². The van der Waals surface area contributed by atoms with Gasteiger partial charge in [-0.05, 0) is 23.8 Å². The molecule has 1 fully saturated rings. The standard InChI is InChI=1S/C20H25N7O.HI/c1-21-20(23-15-19-25-24-18-8-4-5-9-27(18)19)22-14-16-6-2-3-7-17(16)26-10-12-28-13-11-26;/h2-9H,10-15H2,1H3,(H2,21,22,23);1H. The molecule has 29 heavy (non-hydrogen) atoms. The van der Waals surface area contributed by atoms with Gasteiger partial charge in [0.25, 0.3) is 0 Å². The molecular formula is C20H26IN7O. The molecule has 0 saturated carbocycles. The molecule has 2 aromatic heterocycles. The number of pyridine rings is 1. The molecule has 1 saturated heterocycles. The third kappa shape index (κ3) is 5.15. The number of guanidine groups is 1. The third-order valence-electron chi connectivity index (χ3n) is 4.81. The summed E-state index contributed by atoms with van der Waals surface area (Å²) in [5.74, 6) is 1.57. The molecule has 0 unspecified atom stereocenters. The Kier molecular flexibility index (Phi) is 7.64. The maximum absolute atomic E-state index is 5.48. The van der Waals surface area contributed by atoms with Crippen LogP contribution in [0.15, 0.2) is 53.7 Å². The van der Waals surface area contributed by atoms with Gasteiger partial charge in [0.15, 0.2) is 17.4 Å². The molecule has 1 aromatic carbocycles. The van der Waals surface area contributed by atoms with Gasteiger partial charge in [-0.1, -0.05) is 24.3 Å². The van der Waals surface area contributed by atoms with E-state index in [1.54, 1.807) is 7.05 Å². The second-order valence-corrected chi connectivity index (χ2v) is 6.55. The molecule has 0 spiro atoms. The molecule has 3 aromatic rings. The molecule has 8 nitrogen and oxygen atoms in total. The second-order valence-electron chi connectivity index (χ2n) is 6.55. The number of rotatable bonds is 5. The first kappa shape index (κ1) is 21.3. The average Bonchev–Trinajstić information content (AvgIpc) is 3.18. The van der Waals surface area contributed by atoms with Crippen LogP contribution in [-0.2, 0) is 17.8 Å². The Balaban J connectivity index is 0.00000240. The molecule has 0 amide bonds. The summed E-state index contributed by atoms with van der Waals surface area (Å²) in [5, 5.41) is 15.1. The molecule has 4 rings (SSSR count). The third-order valence-corrected chi connectivity index (χ3v) is 4.81. The Morgan fingerprint density at radius 1 is 1.03 bits per heavy atom. The summed E-state index contributed by atoms with van der Waals surface area (Å²) in [4.78, 5) is 6.70. The van der Waals surface area contributed by atoms with Gasteiger partial charge >= 0.3 is 0 Å². The number of anilines is 1. The zero-order chi connectivity index (χ0) is 19.2. The van der Waals surface area contributed by atoms with Crippen LogP contribution < -0.4 is 15.5 Å². The Labute approximate surface area is 187 Å². The normalized spacial score (nSPS) is 14.5. The number of hydrogen-bond acceptors (Lipinski definition) is 5. The van der Waals surface area contributed by atoms with Crippen LogP contribution in [0.25, 0.3) is 5.65 Å². The molecule has 0 radical (unpaired) electrons. The zero-order valence-corrected chi connectivity index (χ0v) is 18.7. The minimum absolute atomic E-state index is 0. The fraction of sp³-hybridized carbons (Fsp3) is 0.350. The lowest BCUT2D eigenvalue weighted by Gasteiger charge is -2.30. The van der Waals surface area contributed by atoms with E-state index in [-0.39, 0.29) is 24.0 Å². The highest BCUT2D eigenvalue weighted by molar-refractivity contribution is 14.0. The number of hydrogen-bond donors (Lipinski definition) is 2. The van der Waals surface area contributed by atoms with Crippen molar-refractivity contribution in [3.05, 3.63) is 60.0 Å². The minimum Gasteiger partial charge on any atom is -0.378 e. The van der Waals surface area contributed by atoms with Crippen molar-refractivity contribution in [2.75, 3.05) is 38.3 Å². The Hall–Kier alpha value is -2.40. The van der Waals surface area contributed by atoms with E-state index in [0.717, 1.165) is 43.7 Å². The van der Waals surface area contributed by atoms with Gasteiger partial charge in [-0.3, -0.25) is 9.39 Å². The lowest BCUT2D eigenvalue weighted by Crippen LogP contribution is -2.39. The quantitative estimate of drug-likeness (QED) is 0.313. The van der Waals surface area contributed by atoms with Crippen molar-refractivity contribution in [3.8, 4) is 0 Å². The smallest absolute Gasteiger partial charge is 0.191 e. The number of benzene rings is 1. The SMILES string of the molecule is CN=C(NCc1ccccc1N1CCOCC1)NCc1nnc2ccccn12.I. The largest absolute Gasteiger partial charge is 0.378 e. The van der Waals surface area contributed by atoms with Crippen molar-refractivity contribution >= 4 is 41.3 Å². The topological polar surface area (TPSA) is 79.1 Å². The van der Waals surface area contributed by atoms with Crippen LogP contribution in [0.4, 0.5) is 5.69 Å². The highest BCUT2D eigenvalue weighted by Gasteiger charge is 2.14. The minimum atomic E-state index is 0. The van der Waals surface area contributed by atoms with Crippen LogP contribution in [0.2, 0.25) is 0 Å². The van der Waals surface area contributed by atoms with Crippen LogP contribution in [0.1, 0.15) is 11.4 Å². The Morgan fingerprint density at radius 3 is 2.62 bits per heavy atom. The molecule has 2 N–H and O–H groups in total. The summed E-state index contributed by atoms with van der Waals surface area (Å²) in [6.45, 7) is 4.62. The van der Waals surface area contributed by atoms with Crippen LogP contribution >= 0.6 is 24.0 Å². The van der Waals surface area contributed by atoms with E-state index in [1.807, 2.05) is 28.8 Å². The number of nitrogens with one attached hydrogen (secondary N) is 2. The van der Waals surface area contributed by atoms with Crippen molar-refractivity contribution in [2.24, 2.45) is 4.99 Å². The molecule has 0 bridgehead atoms. The van der Waals surface area contributed by atoms with Gasteiger partial charge in [-0.15, -0.1) is 34.2 Å². The van der Waals surface area contributed by atoms with Crippen molar-refractivity contribution in [1.29, 1.82) is 0 Å². The number of halogens is 1. The van der Waals surface area contributed by atoms with Crippen LogP contribution in [0.3, 0.4) is 0 Å².